The molecule has 0 fully saturated rings. The van der Waals surface area contributed by atoms with Crippen molar-refractivity contribution in [1.29, 1.82) is 0 Å². The van der Waals surface area contributed by atoms with Crippen molar-refractivity contribution in [1.82, 2.24) is 4.90 Å². The molecule has 0 unspecified atom stereocenters. The van der Waals surface area contributed by atoms with Crippen molar-refractivity contribution in [2.24, 2.45) is 0 Å². The molecule has 30 heavy (non-hydrogen) atoms. The number of unbranched alkanes of at least 4 members (excludes halogenated alkanes) is 8. The molecule has 170 valence electrons. The van der Waals surface area contributed by atoms with Crippen molar-refractivity contribution in [2.75, 3.05) is 27.0 Å². The fourth-order valence-electron chi connectivity index (χ4n) is 3.59. The fraction of sp³-hybridized carbons (Fsp3) is 0.739. The van der Waals surface area contributed by atoms with Gasteiger partial charge >= 0.3 is 12.1 Å². The smallest absolute Gasteiger partial charge is 0.412 e. The molecule has 1 amide bonds. The Labute approximate surface area is 184 Å². The second-order valence-corrected chi connectivity index (χ2v) is 8.87. The van der Waals surface area contributed by atoms with E-state index in [0.29, 0.717) is 19.6 Å². The van der Waals surface area contributed by atoms with Gasteiger partial charge < -0.3 is 19.1 Å². The third-order valence-electron chi connectivity index (χ3n) is 5.40. The molecule has 7 heteroatoms. The Morgan fingerprint density at radius 1 is 1.10 bits per heavy atom. The Morgan fingerprint density at radius 3 is 2.53 bits per heavy atom. The minimum Gasteiger partial charge on any atom is -0.428 e. The van der Waals surface area contributed by atoms with Gasteiger partial charge in [0, 0.05) is 18.3 Å². The van der Waals surface area contributed by atoms with Crippen LogP contribution in [0.25, 0.3) is 0 Å². The lowest BCUT2D eigenvalue weighted by Gasteiger charge is -2.27. The van der Waals surface area contributed by atoms with E-state index < -0.39 is 6.09 Å². The minimum atomic E-state index is -0.516. The van der Waals surface area contributed by atoms with Gasteiger partial charge in [0.05, 0.1) is 13.2 Å². The van der Waals surface area contributed by atoms with Crippen LogP contribution in [0.4, 0.5) is 4.79 Å². The molecule has 1 aromatic heterocycles. The summed E-state index contributed by atoms with van der Waals surface area (Å²) < 4.78 is 15.9. The summed E-state index contributed by atoms with van der Waals surface area (Å²) in [6.45, 7) is 2.96. The molecule has 1 atom stereocenters. The molecular formula is C23H37NO5S. The number of ether oxygens (including phenoxy) is 3. The molecule has 0 saturated heterocycles. The van der Waals surface area contributed by atoms with Crippen LogP contribution in [-0.2, 0) is 25.4 Å². The Balaban J connectivity index is 1.49. The quantitative estimate of drug-likeness (QED) is 0.207. The average molecular weight is 440 g/mol. The number of carbonyl (C=O) groups is 2. The van der Waals surface area contributed by atoms with Gasteiger partial charge in [0.25, 0.3) is 0 Å². The zero-order chi connectivity index (χ0) is 21.6. The van der Waals surface area contributed by atoms with Gasteiger partial charge in [-0.15, -0.1) is 11.3 Å². The number of hydrogen-bond acceptors (Lipinski definition) is 6. The molecule has 6 nitrogen and oxygen atoms in total. The van der Waals surface area contributed by atoms with Gasteiger partial charge in [0.15, 0.2) is 0 Å². The fourth-order valence-corrected chi connectivity index (χ4v) is 4.58. The van der Waals surface area contributed by atoms with Gasteiger partial charge in [0.1, 0.15) is 6.10 Å². The monoisotopic (exact) mass is 439 g/mol. The van der Waals surface area contributed by atoms with Crippen molar-refractivity contribution in [3.05, 3.63) is 21.9 Å². The number of thiophene rings is 1. The first kappa shape index (κ1) is 24.7. The molecule has 2 heterocycles. The topological polar surface area (TPSA) is 65.1 Å². The van der Waals surface area contributed by atoms with Gasteiger partial charge in [-0.25, -0.2) is 4.79 Å². The summed E-state index contributed by atoms with van der Waals surface area (Å²) in [4.78, 5) is 26.6. The van der Waals surface area contributed by atoms with E-state index in [2.05, 4.69) is 18.4 Å². The molecule has 2 rings (SSSR count). The predicted molar refractivity (Wildman–Crippen MR) is 119 cm³/mol. The number of carbonyl (C=O) groups excluding carboxylic acids is 2. The normalized spacial score (nSPS) is 15.5. The highest BCUT2D eigenvalue weighted by Crippen LogP contribution is 2.32. The maximum Gasteiger partial charge on any atom is 0.412 e. The van der Waals surface area contributed by atoms with E-state index in [1.54, 1.807) is 18.4 Å². The lowest BCUT2D eigenvalue weighted by molar-refractivity contribution is -0.152. The Bertz CT molecular complexity index is 633. The zero-order valence-corrected chi connectivity index (χ0v) is 19.3. The van der Waals surface area contributed by atoms with Crippen LogP contribution < -0.4 is 0 Å². The molecule has 0 aromatic carbocycles. The van der Waals surface area contributed by atoms with Gasteiger partial charge in [0.2, 0.25) is 6.79 Å². The minimum absolute atomic E-state index is 0.125. The molecule has 0 radical (unpaired) electrons. The summed E-state index contributed by atoms with van der Waals surface area (Å²) >= 11 is 1.65. The Hall–Kier alpha value is -1.60. The third kappa shape index (κ3) is 9.04. The number of likely N-dealkylation sites (N-methyl/N-ethyl adjacent to an activating group) is 1. The lowest BCUT2D eigenvalue weighted by atomic mass is 10.1. The first-order valence-electron chi connectivity index (χ1n) is 11.3. The van der Waals surface area contributed by atoms with Gasteiger partial charge in [-0.2, -0.15) is 0 Å². The first-order valence-corrected chi connectivity index (χ1v) is 12.2. The number of rotatable bonds is 14. The SMILES string of the molecule is CCCCCCCCCCCC(=O)OCOC(=O)N(C)C[C@@H]1OCCc2ccsc21. The van der Waals surface area contributed by atoms with Crippen LogP contribution >= 0.6 is 11.3 Å². The van der Waals surface area contributed by atoms with Crippen LogP contribution in [0.5, 0.6) is 0 Å². The highest BCUT2D eigenvalue weighted by molar-refractivity contribution is 7.10. The van der Waals surface area contributed by atoms with E-state index in [1.807, 2.05) is 0 Å². The van der Waals surface area contributed by atoms with E-state index in [1.165, 1.54) is 53.9 Å². The van der Waals surface area contributed by atoms with Crippen molar-refractivity contribution < 1.29 is 23.8 Å². The molecule has 1 aliphatic rings. The molecular weight excluding hydrogens is 402 g/mol. The van der Waals surface area contributed by atoms with Crippen molar-refractivity contribution in [2.45, 2.75) is 83.7 Å². The molecule has 0 bridgehead atoms. The van der Waals surface area contributed by atoms with E-state index in [9.17, 15) is 9.59 Å². The van der Waals surface area contributed by atoms with Crippen LogP contribution in [0.2, 0.25) is 0 Å². The van der Waals surface area contributed by atoms with Crippen molar-refractivity contribution in [3.8, 4) is 0 Å². The summed E-state index contributed by atoms with van der Waals surface area (Å²) in [7, 11) is 1.66. The number of nitrogens with zero attached hydrogens (tertiary/aromatic N) is 1. The van der Waals surface area contributed by atoms with Crippen LogP contribution in [-0.4, -0.2) is 44.0 Å². The average Bonchev–Trinajstić information content (AvgIpc) is 3.22. The number of amides is 1. The van der Waals surface area contributed by atoms with Crippen LogP contribution in [0, 0.1) is 0 Å². The van der Waals surface area contributed by atoms with Gasteiger partial charge in [-0.05, 0) is 29.9 Å². The lowest BCUT2D eigenvalue weighted by Crippen LogP contribution is -2.34. The molecule has 1 aliphatic heterocycles. The highest BCUT2D eigenvalue weighted by atomic mass is 32.1. The van der Waals surface area contributed by atoms with E-state index in [-0.39, 0.29) is 18.9 Å². The second kappa shape index (κ2) is 14.4. The predicted octanol–water partition coefficient (Wildman–Crippen LogP) is 5.85. The molecule has 0 saturated carbocycles. The van der Waals surface area contributed by atoms with E-state index in [0.717, 1.165) is 25.7 Å². The number of fused-ring (bicyclic) bond motifs is 1. The Morgan fingerprint density at radius 2 is 1.80 bits per heavy atom. The van der Waals surface area contributed by atoms with E-state index in [4.69, 9.17) is 14.2 Å². The number of hydrogen-bond donors (Lipinski definition) is 0. The molecule has 1 aromatic rings. The molecule has 0 spiro atoms. The highest BCUT2D eigenvalue weighted by Gasteiger charge is 2.25. The summed E-state index contributed by atoms with van der Waals surface area (Å²) in [5.74, 6) is -0.313. The maximum absolute atomic E-state index is 12.1. The Kier molecular flexibility index (Phi) is 11.9. The summed E-state index contributed by atoms with van der Waals surface area (Å²) in [5, 5.41) is 2.05. The summed E-state index contributed by atoms with van der Waals surface area (Å²) in [6, 6.07) is 2.11. The third-order valence-corrected chi connectivity index (χ3v) is 6.45. The summed E-state index contributed by atoms with van der Waals surface area (Å²) in [6.07, 6.45) is 11.5. The van der Waals surface area contributed by atoms with Crippen molar-refractivity contribution in [3.63, 3.8) is 0 Å². The van der Waals surface area contributed by atoms with Gasteiger partial charge in [-0.1, -0.05) is 58.3 Å². The largest absolute Gasteiger partial charge is 0.428 e. The van der Waals surface area contributed by atoms with E-state index >= 15 is 0 Å². The molecule has 0 N–H and O–H groups in total. The van der Waals surface area contributed by atoms with Crippen LogP contribution in [0.3, 0.4) is 0 Å². The van der Waals surface area contributed by atoms with Crippen LogP contribution in [0.15, 0.2) is 11.4 Å². The zero-order valence-electron chi connectivity index (χ0n) is 18.5. The second-order valence-electron chi connectivity index (χ2n) is 7.92. The summed E-state index contributed by atoms with van der Waals surface area (Å²) in [5.41, 5.74) is 1.29. The maximum atomic E-state index is 12.1. The van der Waals surface area contributed by atoms with Crippen molar-refractivity contribution >= 4 is 23.4 Å². The van der Waals surface area contributed by atoms with Crippen LogP contribution in [0.1, 0.15) is 87.7 Å². The number of esters is 1. The molecule has 0 aliphatic carbocycles. The van der Waals surface area contributed by atoms with Gasteiger partial charge in [-0.3, -0.25) is 4.79 Å². The standard InChI is InChI=1S/C23H37NO5S/c1-3-4-5-6-7-8-9-10-11-12-21(25)28-18-29-23(26)24(2)17-20-22-19(13-15-27-20)14-16-30-22/h14,16,20H,3-13,15,17-18H2,1-2H3/t20-/m0/s1. The first-order chi connectivity index (χ1) is 14.6.